The number of hydrogen-bond acceptors (Lipinski definition) is 3. The van der Waals surface area contributed by atoms with E-state index in [4.69, 9.17) is 10.5 Å². The van der Waals surface area contributed by atoms with Gasteiger partial charge in [0.2, 0.25) is 0 Å². The van der Waals surface area contributed by atoms with Gasteiger partial charge in [0.05, 0.1) is 6.61 Å². The summed E-state index contributed by atoms with van der Waals surface area (Å²) in [5.74, 6) is -0.228. The molecule has 3 nitrogen and oxygen atoms in total. The summed E-state index contributed by atoms with van der Waals surface area (Å²) >= 11 is 0. The van der Waals surface area contributed by atoms with Crippen LogP contribution in [0.15, 0.2) is 24.3 Å². The van der Waals surface area contributed by atoms with Crippen LogP contribution < -0.4 is 15.2 Å². The Bertz CT molecular complexity index is 419. The molecule has 2 N–H and O–H groups in total. The Hall–Kier alpha value is -1.43. The van der Waals surface area contributed by atoms with E-state index in [2.05, 4.69) is 4.74 Å². The lowest BCUT2D eigenvalue weighted by Gasteiger charge is -2.22. The standard InChI is InChI=1S/C14H20F3NO2/c1-13(2,10-18)8-5-9-19-11-6-3-4-7-12(11)20-14(15,16)17/h3-4,6-7H,5,8-10,18H2,1-2H3. The molecule has 20 heavy (non-hydrogen) atoms. The fourth-order valence-electron chi connectivity index (χ4n) is 1.61. The summed E-state index contributed by atoms with van der Waals surface area (Å²) in [6.07, 6.45) is -3.17. The first kappa shape index (κ1) is 16.6. The fraction of sp³-hybridized carbons (Fsp3) is 0.571. The van der Waals surface area contributed by atoms with Gasteiger partial charge >= 0.3 is 6.36 Å². The molecular weight excluding hydrogens is 271 g/mol. The van der Waals surface area contributed by atoms with E-state index >= 15 is 0 Å². The maximum absolute atomic E-state index is 12.2. The molecule has 1 aromatic carbocycles. The third kappa shape index (κ3) is 6.14. The minimum absolute atomic E-state index is 0.00531. The van der Waals surface area contributed by atoms with Crippen molar-refractivity contribution < 1.29 is 22.6 Å². The van der Waals surface area contributed by atoms with Gasteiger partial charge in [0, 0.05) is 0 Å². The number of rotatable bonds is 7. The van der Waals surface area contributed by atoms with Crippen molar-refractivity contribution in [1.29, 1.82) is 0 Å². The highest BCUT2D eigenvalue weighted by molar-refractivity contribution is 5.39. The predicted molar refractivity (Wildman–Crippen MR) is 70.7 cm³/mol. The Morgan fingerprint density at radius 1 is 1.10 bits per heavy atom. The zero-order valence-electron chi connectivity index (χ0n) is 11.7. The molecule has 0 bridgehead atoms. The van der Waals surface area contributed by atoms with Crippen LogP contribution in [0.1, 0.15) is 26.7 Å². The minimum Gasteiger partial charge on any atom is -0.490 e. The molecule has 0 radical (unpaired) electrons. The van der Waals surface area contributed by atoms with Gasteiger partial charge in [-0.2, -0.15) is 0 Å². The summed E-state index contributed by atoms with van der Waals surface area (Å²) < 4.78 is 45.9. The van der Waals surface area contributed by atoms with Gasteiger partial charge < -0.3 is 15.2 Å². The van der Waals surface area contributed by atoms with E-state index in [0.717, 1.165) is 6.42 Å². The van der Waals surface area contributed by atoms with Gasteiger partial charge in [-0.15, -0.1) is 13.2 Å². The molecule has 1 aromatic rings. The Balaban J connectivity index is 2.52. The van der Waals surface area contributed by atoms with E-state index in [9.17, 15) is 13.2 Å². The highest BCUT2D eigenvalue weighted by atomic mass is 19.4. The fourth-order valence-corrected chi connectivity index (χ4v) is 1.61. The second kappa shape index (κ2) is 6.83. The molecule has 0 aliphatic rings. The van der Waals surface area contributed by atoms with Crippen molar-refractivity contribution in [3.05, 3.63) is 24.3 Å². The third-order valence-corrected chi connectivity index (χ3v) is 2.88. The number of halogens is 3. The molecule has 0 fully saturated rings. The quantitative estimate of drug-likeness (QED) is 0.778. The van der Waals surface area contributed by atoms with Crippen LogP contribution in [0.2, 0.25) is 0 Å². The summed E-state index contributed by atoms with van der Waals surface area (Å²) in [5, 5.41) is 0. The largest absolute Gasteiger partial charge is 0.573 e. The first-order valence-electron chi connectivity index (χ1n) is 6.41. The lowest BCUT2D eigenvalue weighted by molar-refractivity contribution is -0.275. The van der Waals surface area contributed by atoms with Crippen molar-refractivity contribution in [1.82, 2.24) is 0 Å². The zero-order chi connectivity index (χ0) is 15.2. The number of ether oxygens (including phenoxy) is 2. The lowest BCUT2D eigenvalue weighted by Crippen LogP contribution is -2.24. The number of hydrogen-bond donors (Lipinski definition) is 1. The highest BCUT2D eigenvalue weighted by Gasteiger charge is 2.32. The molecule has 0 atom stereocenters. The first-order chi connectivity index (χ1) is 9.23. The molecule has 0 unspecified atom stereocenters. The molecule has 0 aliphatic carbocycles. The average molecular weight is 291 g/mol. The number of nitrogens with two attached hydrogens (primary N) is 1. The summed E-state index contributed by atoms with van der Waals surface area (Å²) in [4.78, 5) is 0. The Labute approximate surface area is 116 Å². The molecule has 0 spiro atoms. The van der Waals surface area contributed by atoms with Gasteiger partial charge in [-0.1, -0.05) is 26.0 Å². The van der Waals surface area contributed by atoms with E-state index in [1.54, 1.807) is 6.07 Å². The molecule has 0 aliphatic heterocycles. The number of para-hydroxylation sites is 2. The molecule has 114 valence electrons. The molecule has 0 saturated carbocycles. The molecule has 0 amide bonds. The Morgan fingerprint density at radius 3 is 2.25 bits per heavy atom. The van der Waals surface area contributed by atoms with Crippen molar-refractivity contribution in [2.45, 2.75) is 33.1 Å². The van der Waals surface area contributed by atoms with E-state index < -0.39 is 6.36 Å². The average Bonchev–Trinajstić information content (AvgIpc) is 2.35. The number of alkyl halides is 3. The van der Waals surface area contributed by atoms with Crippen molar-refractivity contribution in [2.75, 3.05) is 13.2 Å². The monoisotopic (exact) mass is 291 g/mol. The van der Waals surface area contributed by atoms with Crippen molar-refractivity contribution in [3.8, 4) is 11.5 Å². The zero-order valence-corrected chi connectivity index (χ0v) is 11.7. The normalized spacial score (nSPS) is 12.3. The predicted octanol–water partition coefficient (Wildman–Crippen LogP) is 3.73. The molecule has 0 aromatic heterocycles. The molecule has 0 heterocycles. The SMILES string of the molecule is CC(C)(CN)CCCOc1ccccc1OC(F)(F)F. The Morgan fingerprint density at radius 2 is 1.70 bits per heavy atom. The van der Waals surface area contributed by atoms with Gasteiger partial charge in [-0.25, -0.2) is 0 Å². The van der Waals surface area contributed by atoms with Crippen molar-refractivity contribution >= 4 is 0 Å². The van der Waals surface area contributed by atoms with Gasteiger partial charge in [0.1, 0.15) is 0 Å². The van der Waals surface area contributed by atoms with Crippen LogP contribution in [0.25, 0.3) is 0 Å². The smallest absolute Gasteiger partial charge is 0.490 e. The Kier molecular flexibility index (Phi) is 5.68. The minimum atomic E-state index is -4.72. The second-order valence-electron chi connectivity index (χ2n) is 5.31. The van der Waals surface area contributed by atoms with Gasteiger partial charge in [-0.05, 0) is 36.9 Å². The van der Waals surface area contributed by atoms with Gasteiger partial charge in [0.25, 0.3) is 0 Å². The van der Waals surface area contributed by atoms with Crippen LogP contribution in [0.5, 0.6) is 11.5 Å². The van der Waals surface area contributed by atoms with Crippen LogP contribution in [-0.2, 0) is 0 Å². The molecule has 6 heteroatoms. The van der Waals surface area contributed by atoms with E-state index in [-0.39, 0.29) is 16.9 Å². The molecule has 0 saturated heterocycles. The van der Waals surface area contributed by atoms with E-state index in [0.29, 0.717) is 19.6 Å². The maximum atomic E-state index is 12.2. The van der Waals surface area contributed by atoms with Crippen LogP contribution in [0.3, 0.4) is 0 Å². The van der Waals surface area contributed by atoms with Crippen LogP contribution in [-0.4, -0.2) is 19.5 Å². The van der Waals surface area contributed by atoms with Crippen LogP contribution >= 0.6 is 0 Å². The molecular formula is C14H20F3NO2. The van der Waals surface area contributed by atoms with Crippen LogP contribution in [0.4, 0.5) is 13.2 Å². The maximum Gasteiger partial charge on any atom is 0.573 e. The lowest BCUT2D eigenvalue weighted by atomic mass is 9.88. The topological polar surface area (TPSA) is 44.5 Å². The van der Waals surface area contributed by atoms with E-state index in [1.807, 2.05) is 13.8 Å². The summed E-state index contributed by atoms with van der Waals surface area (Å²) in [7, 11) is 0. The van der Waals surface area contributed by atoms with Crippen LogP contribution in [0, 0.1) is 5.41 Å². The molecule has 1 rings (SSSR count). The summed E-state index contributed by atoms with van der Waals surface area (Å²) in [6.45, 7) is 4.95. The first-order valence-corrected chi connectivity index (χ1v) is 6.41. The summed E-state index contributed by atoms with van der Waals surface area (Å²) in [5.41, 5.74) is 5.61. The second-order valence-corrected chi connectivity index (χ2v) is 5.31. The number of benzene rings is 1. The van der Waals surface area contributed by atoms with Crippen molar-refractivity contribution in [3.63, 3.8) is 0 Å². The summed E-state index contributed by atoms with van der Waals surface area (Å²) in [6, 6.07) is 5.75. The van der Waals surface area contributed by atoms with Gasteiger partial charge in [-0.3, -0.25) is 0 Å². The van der Waals surface area contributed by atoms with Crippen molar-refractivity contribution in [2.24, 2.45) is 11.1 Å². The van der Waals surface area contributed by atoms with Gasteiger partial charge in [0.15, 0.2) is 11.5 Å². The van der Waals surface area contributed by atoms with E-state index in [1.165, 1.54) is 18.2 Å². The third-order valence-electron chi connectivity index (χ3n) is 2.88. The highest BCUT2D eigenvalue weighted by Crippen LogP contribution is 2.32.